The van der Waals surface area contributed by atoms with Crippen LogP contribution in [0.5, 0.6) is 5.75 Å². The van der Waals surface area contributed by atoms with Crippen molar-refractivity contribution in [1.29, 1.82) is 0 Å². The first-order chi connectivity index (χ1) is 15.8. The number of nitrogens with one attached hydrogen (secondary N) is 3. The largest absolute Gasteiger partial charge is 0.508 e. The molecule has 5 atom stereocenters. The van der Waals surface area contributed by atoms with Crippen molar-refractivity contribution in [2.75, 3.05) is 5.75 Å². The van der Waals surface area contributed by atoms with E-state index in [4.69, 9.17) is 16.6 Å². The van der Waals surface area contributed by atoms with Gasteiger partial charge in [0.1, 0.15) is 23.9 Å². The number of carboxylic acids is 1. The monoisotopic (exact) mass is 499 g/mol. The number of aromatic hydroxyl groups is 1. The molecule has 5 unspecified atom stereocenters. The average molecular weight is 500 g/mol. The molecule has 0 aliphatic rings. The van der Waals surface area contributed by atoms with Crippen LogP contribution >= 0.6 is 12.6 Å². The number of primary amides is 1. The summed E-state index contributed by atoms with van der Waals surface area (Å²) in [6.45, 7) is 1.21. The van der Waals surface area contributed by atoms with E-state index in [1.165, 1.54) is 31.2 Å². The number of phenolic OH excluding ortho intramolecular Hbond substituents is 1. The molecule has 0 saturated carbocycles. The van der Waals surface area contributed by atoms with Crippen molar-refractivity contribution in [2.24, 2.45) is 11.5 Å². The number of carbonyl (C=O) groups excluding carboxylic acids is 4. The second-order valence-electron chi connectivity index (χ2n) is 7.52. The van der Waals surface area contributed by atoms with Gasteiger partial charge in [-0.15, -0.1) is 0 Å². The van der Waals surface area contributed by atoms with Crippen molar-refractivity contribution >= 4 is 42.2 Å². The zero-order chi connectivity index (χ0) is 26.0. The van der Waals surface area contributed by atoms with E-state index in [2.05, 4.69) is 28.6 Å². The van der Waals surface area contributed by atoms with E-state index in [1.54, 1.807) is 0 Å². The van der Waals surface area contributed by atoms with Crippen LogP contribution in [-0.2, 0) is 30.4 Å². The third-order valence-corrected chi connectivity index (χ3v) is 4.99. The van der Waals surface area contributed by atoms with Crippen molar-refractivity contribution in [2.45, 2.75) is 50.0 Å². The molecule has 188 valence electrons. The fourth-order valence-electron chi connectivity index (χ4n) is 2.77. The molecule has 10 N–H and O–H groups in total. The smallest absolute Gasteiger partial charge is 0.327 e. The minimum Gasteiger partial charge on any atom is -0.508 e. The zero-order valence-corrected chi connectivity index (χ0v) is 19.2. The minimum atomic E-state index is -1.56. The van der Waals surface area contributed by atoms with Gasteiger partial charge in [-0.3, -0.25) is 19.2 Å². The summed E-state index contributed by atoms with van der Waals surface area (Å²) in [6.07, 6.45) is -2.01. The summed E-state index contributed by atoms with van der Waals surface area (Å²) in [7, 11) is 0. The van der Waals surface area contributed by atoms with Crippen LogP contribution in [0.4, 0.5) is 0 Å². The molecule has 0 aliphatic heterocycles. The summed E-state index contributed by atoms with van der Waals surface area (Å²) in [4.78, 5) is 60.1. The summed E-state index contributed by atoms with van der Waals surface area (Å²) in [5, 5.41) is 35.3. The number of aliphatic carboxylic acids is 1. The molecule has 34 heavy (non-hydrogen) atoms. The second kappa shape index (κ2) is 13.4. The van der Waals surface area contributed by atoms with Crippen molar-refractivity contribution in [1.82, 2.24) is 16.0 Å². The Morgan fingerprint density at radius 1 is 0.971 bits per heavy atom. The molecule has 0 fully saturated rings. The van der Waals surface area contributed by atoms with Crippen LogP contribution in [-0.4, -0.2) is 80.9 Å². The lowest BCUT2D eigenvalue weighted by atomic mass is 10.0. The lowest BCUT2D eigenvalue weighted by Gasteiger charge is -2.26. The second-order valence-corrected chi connectivity index (χ2v) is 7.88. The Kier molecular flexibility index (Phi) is 11.3. The molecule has 0 radical (unpaired) electrons. The van der Waals surface area contributed by atoms with Gasteiger partial charge in [0.25, 0.3) is 0 Å². The van der Waals surface area contributed by atoms with E-state index in [0.29, 0.717) is 5.56 Å². The fraction of sp³-hybridized carbons (Fsp3) is 0.450. The Bertz CT molecular complexity index is 895. The lowest BCUT2D eigenvalue weighted by Crippen LogP contribution is -2.60. The van der Waals surface area contributed by atoms with Gasteiger partial charge < -0.3 is 42.7 Å². The van der Waals surface area contributed by atoms with Crippen LogP contribution in [0.15, 0.2) is 24.3 Å². The highest BCUT2D eigenvalue weighted by Crippen LogP contribution is 2.12. The minimum absolute atomic E-state index is 0.0275. The van der Waals surface area contributed by atoms with Crippen molar-refractivity contribution in [3.8, 4) is 5.75 Å². The number of phenols is 1. The Morgan fingerprint density at radius 2 is 1.53 bits per heavy atom. The molecular formula is C20H29N5O8S. The number of aliphatic hydroxyl groups is 1. The molecule has 4 amide bonds. The molecule has 13 nitrogen and oxygen atoms in total. The average Bonchev–Trinajstić information content (AvgIpc) is 2.75. The topological polar surface area (TPSA) is 234 Å². The van der Waals surface area contributed by atoms with Crippen LogP contribution in [0.25, 0.3) is 0 Å². The molecule has 0 aliphatic carbocycles. The number of hydrogen-bond acceptors (Lipinski definition) is 9. The van der Waals surface area contributed by atoms with Crippen molar-refractivity contribution < 1.29 is 39.3 Å². The van der Waals surface area contributed by atoms with Gasteiger partial charge in [0.05, 0.1) is 18.6 Å². The lowest BCUT2D eigenvalue weighted by molar-refractivity contribution is -0.142. The normalized spacial score (nSPS) is 15.2. The Hall–Kier alpha value is -3.36. The number of nitrogens with two attached hydrogens (primary N) is 2. The first-order valence-corrected chi connectivity index (χ1v) is 10.7. The van der Waals surface area contributed by atoms with E-state index < -0.39 is 66.3 Å². The van der Waals surface area contributed by atoms with Crippen LogP contribution in [0.1, 0.15) is 18.9 Å². The van der Waals surface area contributed by atoms with Crippen molar-refractivity contribution in [3.05, 3.63) is 29.8 Å². The number of amides is 4. The van der Waals surface area contributed by atoms with Crippen LogP contribution in [0.3, 0.4) is 0 Å². The predicted octanol–water partition coefficient (Wildman–Crippen LogP) is -3.01. The fourth-order valence-corrected chi connectivity index (χ4v) is 3.02. The molecule has 1 rings (SSSR count). The van der Waals surface area contributed by atoms with Gasteiger partial charge in [-0.05, 0) is 24.6 Å². The predicted molar refractivity (Wildman–Crippen MR) is 123 cm³/mol. The molecule has 1 aromatic rings. The number of carbonyl (C=O) groups is 5. The van der Waals surface area contributed by atoms with E-state index in [0.717, 1.165) is 0 Å². The number of carboxylic acid groups (broad SMARTS) is 1. The molecule has 1 aromatic carbocycles. The Balaban J connectivity index is 3.09. The molecule has 0 heterocycles. The van der Waals surface area contributed by atoms with Gasteiger partial charge >= 0.3 is 5.97 Å². The Morgan fingerprint density at radius 3 is 2.00 bits per heavy atom. The number of rotatable bonds is 13. The number of aliphatic hydroxyl groups excluding tert-OH is 1. The summed E-state index contributed by atoms with van der Waals surface area (Å²) in [6, 6.07) is 0.129. The van der Waals surface area contributed by atoms with Gasteiger partial charge in [-0.2, -0.15) is 12.6 Å². The Labute approximate surface area is 200 Å². The van der Waals surface area contributed by atoms with Crippen LogP contribution in [0, 0.1) is 0 Å². The molecular weight excluding hydrogens is 470 g/mol. The van der Waals surface area contributed by atoms with Gasteiger partial charge in [0.15, 0.2) is 0 Å². The van der Waals surface area contributed by atoms with Crippen LogP contribution in [0.2, 0.25) is 0 Å². The van der Waals surface area contributed by atoms with Gasteiger partial charge in [0.2, 0.25) is 23.6 Å². The summed E-state index contributed by atoms with van der Waals surface area (Å²) in [5.41, 5.74) is 11.2. The third-order valence-electron chi connectivity index (χ3n) is 4.63. The summed E-state index contributed by atoms with van der Waals surface area (Å²) < 4.78 is 0. The highest BCUT2D eigenvalue weighted by Gasteiger charge is 2.32. The maximum Gasteiger partial charge on any atom is 0.327 e. The molecule has 0 spiro atoms. The van der Waals surface area contributed by atoms with E-state index in [1.807, 2.05) is 0 Å². The van der Waals surface area contributed by atoms with E-state index in [-0.39, 0.29) is 17.9 Å². The zero-order valence-electron chi connectivity index (χ0n) is 18.3. The number of hydrogen-bond donors (Lipinski definition) is 9. The molecule has 0 bridgehead atoms. The van der Waals surface area contributed by atoms with Gasteiger partial charge in [-0.25, -0.2) is 4.79 Å². The van der Waals surface area contributed by atoms with Crippen LogP contribution < -0.4 is 27.4 Å². The van der Waals surface area contributed by atoms with Crippen molar-refractivity contribution in [3.63, 3.8) is 0 Å². The third kappa shape index (κ3) is 9.25. The quantitative estimate of drug-likeness (QED) is 0.125. The summed E-state index contributed by atoms with van der Waals surface area (Å²) >= 11 is 3.84. The first-order valence-electron chi connectivity index (χ1n) is 10.1. The molecule has 14 heteroatoms. The van der Waals surface area contributed by atoms with E-state index >= 15 is 0 Å². The first kappa shape index (κ1) is 28.7. The highest BCUT2D eigenvalue weighted by molar-refractivity contribution is 7.80. The van der Waals surface area contributed by atoms with Gasteiger partial charge in [0, 0.05) is 12.2 Å². The molecule has 0 aromatic heterocycles. The number of thiol groups is 1. The maximum absolute atomic E-state index is 13.0. The summed E-state index contributed by atoms with van der Waals surface area (Å²) in [5.74, 6) is -5.20. The van der Waals surface area contributed by atoms with E-state index in [9.17, 15) is 34.2 Å². The standard InChI is InChI=1S/C20H29N5O8S/c1-9(26)16(19(31)24-14(8-34)20(32)33)25-18(30)13(6-10-2-4-11(27)5-3-10)23-17(29)12(21)7-15(22)28/h2-5,9,12-14,16,26-27,34H,6-8,21H2,1H3,(H2,22,28)(H,23,29)(H,24,31)(H,25,30)(H,32,33). The highest BCUT2D eigenvalue weighted by atomic mass is 32.1. The SMILES string of the molecule is CC(O)C(NC(=O)C(Cc1ccc(O)cc1)NC(=O)C(N)CC(N)=O)C(=O)NC(CS)C(=O)O. The maximum atomic E-state index is 13.0. The number of benzene rings is 1. The molecule has 0 saturated heterocycles. The van der Waals surface area contributed by atoms with Gasteiger partial charge in [-0.1, -0.05) is 12.1 Å².